The van der Waals surface area contributed by atoms with Crippen LogP contribution >= 0.6 is 11.6 Å². The van der Waals surface area contributed by atoms with Crippen molar-refractivity contribution < 1.29 is 19.1 Å². The van der Waals surface area contributed by atoms with E-state index in [1.165, 1.54) is 7.11 Å². The second-order valence-electron chi connectivity index (χ2n) is 9.62. The number of benzene rings is 1. The maximum absolute atomic E-state index is 13.1. The van der Waals surface area contributed by atoms with Gasteiger partial charge in [0.25, 0.3) is 0 Å². The number of likely N-dealkylation sites (tertiary alicyclic amines) is 1. The van der Waals surface area contributed by atoms with Crippen molar-refractivity contribution in [2.75, 3.05) is 46.4 Å². The van der Waals surface area contributed by atoms with Gasteiger partial charge in [-0.1, -0.05) is 50.6 Å². The van der Waals surface area contributed by atoms with Gasteiger partial charge in [0.1, 0.15) is 6.04 Å². The van der Waals surface area contributed by atoms with Crippen LogP contribution in [-0.4, -0.2) is 78.9 Å². The summed E-state index contributed by atoms with van der Waals surface area (Å²) in [6.07, 6.45) is 1.40. The highest BCUT2D eigenvalue weighted by atomic mass is 35.5. The Bertz CT molecular complexity index is 838. The third-order valence-corrected chi connectivity index (χ3v) is 6.73. The van der Waals surface area contributed by atoms with E-state index < -0.39 is 11.5 Å². The fourth-order valence-corrected chi connectivity index (χ4v) is 4.78. The number of piperazine rings is 1. The third-order valence-electron chi connectivity index (χ3n) is 6.39. The predicted octanol–water partition coefficient (Wildman–Crippen LogP) is 2.98. The van der Waals surface area contributed by atoms with Crippen molar-refractivity contribution in [3.63, 3.8) is 0 Å². The average Bonchev–Trinajstić information content (AvgIpc) is 2.79. The van der Waals surface area contributed by atoms with Crippen LogP contribution in [0.5, 0.6) is 0 Å². The first-order valence-electron chi connectivity index (χ1n) is 11.3. The van der Waals surface area contributed by atoms with Gasteiger partial charge < -0.3 is 14.5 Å². The van der Waals surface area contributed by atoms with Gasteiger partial charge in [0.05, 0.1) is 7.11 Å². The maximum Gasteiger partial charge on any atom is 0.327 e. The van der Waals surface area contributed by atoms with Crippen LogP contribution in [0.4, 0.5) is 0 Å². The number of ether oxygens (including phenoxy) is 1. The zero-order valence-electron chi connectivity index (χ0n) is 19.5. The van der Waals surface area contributed by atoms with E-state index in [1.807, 2.05) is 53.7 Å². The minimum atomic E-state index is -0.586. The molecule has 1 aromatic rings. The lowest BCUT2D eigenvalue weighted by Gasteiger charge is -2.41. The molecule has 0 aliphatic carbocycles. The van der Waals surface area contributed by atoms with Gasteiger partial charge >= 0.3 is 5.97 Å². The molecule has 2 heterocycles. The molecule has 0 saturated carbocycles. The van der Waals surface area contributed by atoms with Crippen LogP contribution < -0.4 is 0 Å². The van der Waals surface area contributed by atoms with Crippen LogP contribution in [0.15, 0.2) is 24.3 Å². The Morgan fingerprint density at radius 3 is 2.09 bits per heavy atom. The number of rotatable bonds is 4. The Morgan fingerprint density at radius 1 is 0.969 bits per heavy atom. The molecule has 0 bridgehead atoms. The van der Waals surface area contributed by atoms with E-state index in [4.69, 9.17) is 16.3 Å². The Morgan fingerprint density at radius 2 is 1.56 bits per heavy atom. The smallest absolute Gasteiger partial charge is 0.327 e. The molecule has 3 rings (SSSR count). The molecule has 2 aliphatic heterocycles. The number of piperidine rings is 1. The van der Waals surface area contributed by atoms with E-state index in [2.05, 4.69) is 0 Å². The first kappa shape index (κ1) is 24.5. The molecule has 0 spiro atoms. The average molecular weight is 464 g/mol. The molecule has 2 aliphatic rings. The maximum atomic E-state index is 13.1. The van der Waals surface area contributed by atoms with E-state index in [0.717, 1.165) is 5.56 Å². The molecule has 7 nitrogen and oxygen atoms in total. The van der Waals surface area contributed by atoms with E-state index in [9.17, 15) is 14.4 Å². The number of nitrogens with zero attached hydrogens (tertiary/aromatic N) is 3. The van der Waals surface area contributed by atoms with Gasteiger partial charge in [-0.15, -0.1) is 0 Å². The van der Waals surface area contributed by atoms with Crippen LogP contribution in [0.1, 0.15) is 45.2 Å². The van der Waals surface area contributed by atoms with Crippen molar-refractivity contribution in [1.29, 1.82) is 0 Å². The van der Waals surface area contributed by atoms with Gasteiger partial charge in [0.15, 0.2) is 0 Å². The van der Waals surface area contributed by atoms with Gasteiger partial charge in [-0.3, -0.25) is 14.5 Å². The Labute approximate surface area is 195 Å². The third kappa shape index (κ3) is 5.44. The zero-order valence-corrected chi connectivity index (χ0v) is 20.2. The van der Waals surface area contributed by atoms with Crippen molar-refractivity contribution in [3.8, 4) is 0 Å². The van der Waals surface area contributed by atoms with E-state index in [0.29, 0.717) is 57.1 Å². The largest absolute Gasteiger partial charge is 0.468 e. The van der Waals surface area contributed by atoms with Gasteiger partial charge in [-0.05, 0) is 24.5 Å². The highest BCUT2D eigenvalue weighted by molar-refractivity contribution is 6.31. The fourth-order valence-electron chi connectivity index (χ4n) is 4.54. The summed E-state index contributed by atoms with van der Waals surface area (Å²) in [5.41, 5.74) is 0.321. The second-order valence-corrected chi connectivity index (χ2v) is 10.0. The van der Waals surface area contributed by atoms with Crippen LogP contribution in [0.2, 0.25) is 5.02 Å². The topological polar surface area (TPSA) is 70.2 Å². The number of carbonyl (C=O) groups is 3. The summed E-state index contributed by atoms with van der Waals surface area (Å²) >= 11 is 6.36. The van der Waals surface area contributed by atoms with Gasteiger partial charge in [0.2, 0.25) is 11.8 Å². The summed E-state index contributed by atoms with van der Waals surface area (Å²) in [5.74, 6) is -0.107. The SMILES string of the molecule is COC(=O)C(c1ccccc1Cl)N1CCN(C(=O)C2CCN(C(=O)C(C)(C)C)CC2)CC1. The molecule has 8 heteroatoms. The van der Waals surface area contributed by atoms with Crippen molar-refractivity contribution in [1.82, 2.24) is 14.7 Å². The van der Waals surface area contributed by atoms with Crippen molar-refractivity contribution >= 4 is 29.4 Å². The molecule has 2 fully saturated rings. The number of hydrogen-bond donors (Lipinski definition) is 0. The Balaban J connectivity index is 1.58. The van der Waals surface area contributed by atoms with Crippen LogP contribution in [-0.2, 0) is 19.1 Å². The molecule has 176 valence electrons. The highest BCUT2D eigenvalue weighted by Crippen LogP contribution is 2.30. The quantitative estimate of drug-likeness (QED) is 0.642. The molecule has 1 aromatic carbocycles. The van der Waals surface area contributed by atoms with Crippen molar-refractivity contribution in [2.24, 2.45) is 11.3 Å². The summed E-state index contributed by atoms with van der Waals surface area (Å²) in [4.78, 5) is 44.0. The number of amides is 2. The van der Waals surface area contributed by atoms with Gasteiger partial charge in [0, 0.05) is 55.6 Å². The number of hydrogen-bond acceptors (Lipinski definition) is 5. The number of carbonyl (C=O) groups excluding carboxylic acids is 3. The first-order chi connectivity index (χ1) is 15.1. The second kappa shape index (κ2) is 10.2. The molecule has 0 radical (unpaired) electrons. The predicted molar refractivity (Wildman–Crippen MR) is 123 cm³/mol. The fraction of sp³-hybridized carbons (Fsp3) is 0.625. The zero-order chi connectivity index (χ0) is 23.5. The lowest BCUT2D eigenvalue weighted by atomic mass is 9.90. The molecule has 2 saturated heterocycles. The summed E-state index contributed by atoms with van der Waals surface area (Å²) in [5, 5.41) is 0.526. The molecule has 1 unspecified atom stereocenters. The number of esters is 1. The van der Waals surface area contributed by atoms with E-state index in [-0.39, 0.29) is 23.7 Å². The lowest BCUT2D eigenvalue weighted by Crippen LogP contribution is -2.53. The van der Waals surface area contributed by atoms with Crippen LogP contribution in [0.25, 0.3) is 0 Å². The summed E-state index contributed by atoms with van der Waals surface area (Å²) in [7, 11) is 1.38. The molecular weight excluding hydrogens is 430 g/mol. The minimum Gasteiger partial charge on any atom is -0.468 e. The van der Waals surface area contributed by atoms with Crippen molar-refractivity contribution in [2.45, 2.75) is 39.7 Å². The van der Waals surface area contributed by atoms with E-state index >= 15 is 0 Å². The summed E-state index contributed by atoms with van der Waals surface area (Å²) < 4.78 is 5.05. The van der Waals surface area contributed by atoms with E-state index in [1.54, 1.807) is 6.07 Å². The number of methoxy groups -OCH3 is 1. The van der Waals surface area contributed by atoms with Crippen molar-refractivity contribution in [3.05, 3.63) is 34.9 Å². The monoisotopic (exact) mass is 463 g/mol. The highest BCUT2D eigenvalue weighted by Gasteiger charge is 2.37. The Kier molecular flexibility index (Phi) is 7.83. The normalized spacial score (nSPS) is 19.5. The minimum absolute atomic E-state index is 0.0504. The van der Waals surface area contributed by atoms with Gasteiger partial charge in [-0.25, -0.2) is 4.79 Å². The standard InChI is InChI=1S/C24H34ClN3O4/c1-24(2,3)23(31)28-11-9-17(10-12-28)21(29)27-15-13-26(14-16-27)20(22(30)32-4)18-7-5-6-8-19(18)25/h5-8,17,20H,9-16H2,1-4H3. The Hall–Kier alpha value is -2.12. The molecule has 1 atom stereocenters. The summed E-state index contributed by atoms with van der Waals surface area (Å²) in [6, 6.07) is 6.71. The lowest BCUT2D eigenvalue weighted by molar-refractivity contribution is -0.150. The molecular formula is C24H34ClN3O4. The number of halogens is 1. The van der Waals surface area contributed by atoms with Gasteiger partial charge in [-0.2, -0.15) is 0 Å². The molecule has 0 aromatic heterocycles. The van der Waals surface area contributed by atoms with Crippen LogP contribution in [0, 0.1) is 11.3 Å². The molecule has 0 N–H and O–H groups in total. The summed E-state index contributed by atoms with van der Waals surface area (Å²) in [6.45, 7) is 9.28. The van der Waals surface area contributed by atoms with Crippen LogP contribution in [0.3, 0.4) is 0 Å². The molecule has 2 amide bonds. The first-order valence-corrected chi connectivity index (χ1v) is 11.7. The molecule has 32 heavy (non-hydrogen) atoms.